The molecule has 1 N–H and O–H groups in total. The Balaban J connectivity index is 2.35. The van der Waals surface area contributed by atoms with E-state index in [1.54, 1.807) is 18.2 Å². The lowest BCUT2D eigenvalue weighted by Gasteiger charge is -2.16. The number of phenolic OH excluding ortho intramolecular Hbond substituents is 1. The molecule has 3 rings (SSSR count). The van der Waals surface area contributed by atoms with Crippen LogP contribution in [-0.4, -0.2) is 30.9 Å². The number of methoxy groups -OCH3 is 2. The Labute approximate surface area is 120 Å². The average Bonchev–Trinajstić information content (AvgIpc) is 2.49. The number of carbonyl (C=O) groups is 2. The second kappa shape index (κ2) is 4.63. The molecule has 1 aliphatic carbocycles. The summed E-state index contributed by atoms with van der Waals surface area (Å²) < 4.78 is 9.99. The van der Waals surface area contributed by atoms with Crippen LogP contribution in [0, 0.1) is 0 Å². The topological polar surface area (TPSA) is 72.8 Å². The van der Waals surface area contributed by atoms with Crippen molar-refractivity contribution in [2.75, 3.05) is 14.2 Å². The lowest BCUT2D eigenvalue weighted by atomic mass is 9.89. The Kier molecular flexibility index (Phi) is 2.90. The first-order valence-electron chi connectivity index (χ1n) is 6.25. The van der Waals surface area contributed by atoms with Crippen LogP contribution in [0.4, 0.5) is 0 Å². The molecule has 5 nitrogen and oxygen atoms in total. The molecule has 106 valence electrons. The van der Waals surface area contributed by atoms with Crippen molar-refractivity contribution in [2.24, 2.45) is 0 Å². The Bertz CT molecular complexity index is 817. The van der Waals surface area contributed by atoms with Gasteiger partial charge in [0.1, 0.15) is 0 Å². The van der Waals surface area contributed by atoms with Crippen molar-refractivity contribution in [1.29, 1.82) is 0 Å². The summed E-state index contributed by atoms with van der Waals surface area (Å²) in [6.45, 7) is 0. The number of hydrogen-bond donors (Lipinski definition) is 1. The van der Waals surface area contributed by atoms with E-state index in [2.05, 4.69) is 0 Å². The molecule has 0 bridgehead atoms. The molecule has 1 aliphatic rings. The van der Waals surface area contributed by atoms with E-state index in [-0.39, 0.29) is 28.8 Å². The van der Waals surface area contributed by atoms with Crippen LogP contribution in [0.5, 0.6) is 11.5 Å². The maximum atomic E-state index is 12.3. The van der Waals surface area contributed by atoms with Crippen LogP contribution in [0.15, 0.2) is 36.1 Å². The van der Waals surface area contributed by atoms with Gasteiger partial charge >= 0.3 is 0 Å². The minimum Gasteiger partial charge on any atom is -0.504 e. The number of fused-ring (bicyclic) bond motifs is 3. The standard InChI is InChI=1S/C16H12O5/c1-20-13-6-10-8(5-11(13)17)3-4-9-15(10)12(18)7-14(21-2)16(9)19/h3-7,17H,1-2H3. The molecule has 21 heavy (non-hydrogen) atoms. The van der Waals surface area contributed by atoms with Crippen LogP contribution >= 0.6 is 0 Å². The minimum atomic E-state index is -0.332. The zero-order valence-electron chi connectivity index (χ0n) is 11.5. The summed E-state index contributed by atoms with van der Waals surface area (Å²) in [5, 5.41) is 11.0. The van der Waals surface area contributed by atoms with Gasteiger partial charge < -0.3 is 14.6 Å². The number of allylic oxidation sites excluding steroid dienone is 2. The monoisotopic (exact) mass is 284 g/mol. The van der Waals surface area contributed by atoms with E-state index < -0.39 is 0 Å². The fourth-order valence-electron chi connectivity index (χ4n) is 2.50. The summed E-state index contributed by atoms with van der Waals surface area (Å²) in [7, 11) is 2.77. The maximum absolute atomic E-state index is 12.3. The number of Topliss-reactive ketones (excluding diaryl/α,β-unsaturated/α-hetero) is 1. The number of carbonyl (C=O) groups excluding carboxylic acids is 2. The molecule has 0 fully saturated rings. The molecular formula is C16H12O5. The summed E-state index contributed by atoms with van der Waals surface area (Å²) in [5.74, 6) is -0.385. The van der Waals surface area contributed by atoms with Gasteiger partial charge in [0.2, 0.25) is 5.78 Å². The molecule has 2 aromatic rings. The Morgan fingerprint density at radius 2 is 1.81 bits per heavy atom. The number of rotatable bonds is 2. The second-order valence-corrected chi connectivity index (χ2v) is 4.64. The van der Waals surface area contributed by atoms with Crippen LogP contribution in [-0.2, 0) is 4.74 Å². The predicted octanol–water partition coefficient (Wildman–Crippen LogP) is 2.46. The lowest BCUT2D eigenvalue weighted by molar-refractivity contribution is 0.0917. The summed E-state index contributed by atoms with van der Waals surface area (Å²) in [6.07, 6.45) is 1.18. The zero-order chi connectivity index (χ0) is 15.1. The normalized spacial score (nSPS) is 13.9. The fourth-order valence-corrected chi connectivity index (χ4v) is 2.50. The quantitative estimate of drug-likeness (QED) is 0.917. The van der Waals surface area contributed by atoms with Gasteiger partial charge in [0.05, 0.1) is 14.2 Å². The molecule has 0 aliphatic heterocycles. The maximum Gasteiger partial charge on any atom is 0.228 e. The molecular weight excluding hydrogens is 272 g/mol. The fraction of sp³-hybridized carbons (Fsp3) is 0.125. The van der Waals surface area contributed by atoms with E-state index in [4.69, 9.17) is 9.47 Å². The highest BCUT2D eigenvalue weighted by Crippen LogP contribution is 2.36. The van der Waals surface area contributed by atoms with Gasteiger partial charge in [-0.1, -0.05) is 6.07 Å². The molecule has 0 saturated heterocycles. The molecule has 0 radical (unpaired) electrons. The largest absolute Gasteiger partial charge is 0.504 e. The van der Waals surface area contributed by atoms with Crippen molar-refractivity contribution in [1.82, 2.24) is 0 Å². The molecule has 5 heteroatoms. The Morgan fingerprint density at radius 3 is 2.48 bits per heavy atom. The first-order chi connectivity index (χ1) is 10.1. The van der Waals surface area contributed by atoms with Crippen molar-refractivity contribution >= 4 is 22.3 Å². The highest BCUT2D eigenvalue weighted by Gasteiger charge is 2.28. The van der Waals surface area contributed by atoms with Crippen LogP contribution in [0.3, 0.4) is 0 Å². The van der Waals surface area contributed by atoms with Crippen molar-refractivity contribution in [2.45, 2.75) is 0 Å². The number of aromatic hydroxyl groups is 1. The van der Waals surface area contributed by atoms with E-state index in [0.717, 1.165) is 0 Å². The summed E-state index contributed by atoms with van der Waals surface area (Å²) >= 11 is 0. The SMILES string of the molecule is COC1=CC(=O)c2c(ccc3cc(O)c(OC)cc23)C1=O. The molecule has 0 unspecified atom stereocenters. The summed E-state index contributed by atoms with van der Waals surface area (Å²) in [5.41, 5.74) is 0.594. The number of ketones is 2. The lowest BCUT2D eigenvalue weighted by Crippen LogP contribution is -2.18. The van der Waals surface area contributed by atoms with Crippen LogP contribution in [0.1, 0.15) is 20.7 Å². The van der Waals surface area contributed by atoms with E-state index in [9.17, 15) is 14.7 Å². The van der Waals surface area contributed by atoms with Gasteiger partial charge in [0.25, 0.3) is 0 Å². The average molecular weight is 284 g/mol. The Morgan fingerprint density at radius 1 is 1.05 bits per heavy atom. The Hall–Kier alpha value is -2.82. The van der Waals surface area contributed by atoms with Gasteiger partial charge in [-0.05, 0) is 29.0 Å². The predicted molar refractivity (Wildman–Crippen MR) is 75.9 cm³/mol. The molecule has 2 aromatic carbocycles. The van der Waals surface area contributed by atoms with Gasteiger partial charge in [-0.25, -0.2) is 0 Å². The smallest absolute Gasteiger partial charge is 0.228 e. The highest BCUT2D eigenvalue weighted by atomic mass is 16.5. The summed E-state index contributed by atoms with van der Waals surface area (Å²) in [6, 6.07) is 6.30. The molecule has 0 spiro atoms. The first kappa shape index (κ1) is 13.2. The summed E-state index contributed by atoms with van der Waals surface area (Å²) in [4.78, 5) is 24.5. The second-order valence-electron chi connectivity index (χ2n) is 4.64. The molecule has 0 saturated carbocycles. The zero-order valence-corrected chi connectivity index (χ0v) is 11.5. The van der Waals surface area contributed by atoms with E-state index >= 15 is 0 Å². The third-order valence-corrected chi connectivity index (χ3v) is 3.52. The van der Waals surface area contributed by atoms with Crippen LogP contribution in [0.25, 0.3) is 10.8 Å². The number of phenols is 1. The molecule has 0 atom stereocenters. The van der Waals surface area contributed by atoms with Crippen molar-refractivity contribution in [3.63, 3.8) is 0 Å². The minimum absolute atomic E-state index is 0.0207. The first-order valence-corrected chi connectivity index (χ1v) is 6.25. The van der Waals surface area contributed by atoms with Crippen molar-refractivity contribution < 1.29 is 24.2 Å². The van der Waals surface area contributed by atoms with Crippen molar-refractivity contribution in [3.8, 4) is 11.5 Å². The van der Waals surface area contributed by atoms with E-state index in [1.807, 2.05) is 0 Å². The van der Waals surface area contributed by atoms with Gasteiger partial charge in [0.15, 0.2) is 23.0 Å². The molecule has 0 aromatic heterocycles. The van der Waals surface area contributed by atoms with Gasteiger partial charge in [-0.2, -0.15) is 0 Å². The van der Waals surface area contributed by atoms with E-state index in [1.165, 1.54) is 26.4 Å². The number of benzene rings is 2. The van der Waals surface area contributed by atoms with E-state index in [0.29, 0.717) is 21.9 Å². The van der Waals surface area contributed by atoms with Crippen LogP contribution in [0.2, 0.25) is 0 Å². The van der Waals surface area contributed by atoms with Gasteiger partial charge in [0, 0.05) is 17.2 Å². The van der Waals surface area contributed by atoms with Gasteiger partial charge in [-0.3, -0.25) is 9.59 Å². The number of hydrogen-bond acceptors (Lipinski definition) is 5. The number of ether oxygens (including phenoxy) is 2. The third kappa shape index (κ3) is 1.86. The molecule has 0 amide bonds. The molecule has 0 heterocycles. The van der Waals surface area contributed by atoms with Crippen LogP contribution < -0.4 is 4.74 Å². The highest BCUT2D eigenvalue weighted by molar-refractivity contribution is 6.28. The van der Waals surface area contributed by atoms with Gasteiger partial charge in [-0.15, -0.1) is 0 Å². The van der Waals surface area contributed by atoms with Crippen molar-refractivity contribution in [3.05, 3.63) is 47.2 Å². The third-order valence-electron chi connectivity index (χ3n) is 3.52.